The molecule has 1 atom stereocenters. The van der Waals surface area contributed by atoms with Gasteiger partial charge in [-0.15, -0.1) is 10.2 Å². The van der Waals surface area contributed by atoms with Crippen molar-refractivity contribution < 1.29 is 13.2 Å². The van der Waals surface area contributed by atoms with Crippen molar-refractivity contribution in [3.8, 4) is 0 Å². The Labute approximate surface area is 128 Å². The van der Waals surface area contributed by atoms with Crippen LogP contribution in [0.4, 0.5) is 0 Å². The van der Waals surface area contributed by atoms with Gasteiger partial charge in [0.05, 0.1) is 17.3 Å². The summed E-state index contributed by atoms with van der Waals surface area (Å²) in [5.41, 5.74) is 0. The van der Waals surface area contributed by atoms with Crippen molar-refractivity contribution in [1.29, 1.82) is 0 Å². The van der Waals surface area contributed by atoms with Crippen molar-refractivity contribution in [2.75, 3.05) is 29.6 Å². The van der Waals surface area contributed by atoms with Gasteiger partial charge in [0.1, 0.15) is 5.82 Å². The van der Waals surface area contributed by atoms with E-state index in [9.17, 15) is 13.2 Å². The number of nitrogen functional groups attached to an aromatic ring is 1. The van der Waals surface area contributed by atoms with Crippen LogP contribution in [0.3, 0.4) is 0 Å². The highest BCUT2D eigenvalue weighted by Crippen LogP contribution is 2.20. The lowest BCUT2D eigenvalue weighted by Crippen LogP contribution is -2.42. The molecule has 10 heteroatoms. The van der Waals surface area contributed by atoms with Gasteiger partial charge >= 0.3 is 0 Å². The molecule has 0 aromatic carbocycles. The van der Waals surface area contributed by atoms with Crippen molar-refractivity contribution in [2.45, 2.75) is 31.5 Å². The van der Waals surface area contributed by atoms with Gasteiger partial charge in [0.15, 0.2) is 9.84 Å². The quantitative estimate of drug-likeness (QED) is 0.567. The number of hydrogen-bond acceptors (Lipinski definition) is 7. The second kappa shape index (κ2) is 6.22. The van der Waals surface area contributed by atoms with Crippen LogP contribution >= 0.6 is 11.8 Å². The van der Waals surface area contributed by atoms with Gasteiger partial charge in [-0.25, -0.2) is 13.1 Å². The molecule has 1 aromatic rings. The highest BCUT2D eigenvalue weighted by atomic mass is 32.2. The van der Waals surface area contributed by atoms with Gasteiger partial charge < -0.3 is 10.7 Å². The van der Waals surface area contributed by atoms with E-state index in [0.717, 1.165) is 0 Å². The third kappa shape index (κ3) is 3.67. The lowest BCUT2D eigenvalue weighted by molar-refractivity contribution is -0.129. The molecule has 2 N–H and O–H groups in total. The van der Waals surface area contributed by atoms with Gasteiger partial charge in [-0.3, -0.25) is 4.79 Å². The monoisotopic (exact) mass is 333 g/mol. The van der Waals surface area contributed by atoms with Crippen LogP contribution in [-0.2, 0) is 14.6 Å². The number of carbonyl (C=O) groups is 1. The van der Waals surface area contributed by atoms with Gasteiger partial charge in [-0.05, 0) is 20.3 Å². The summed E-state index contributed by atoms with van der Waals surface area (Å²) in [7, 11) is -3.00. The molecule has 1 aromatic heterocycles. The third-order valence-electron chi connectivity index (χ3n) is 3.47. The molecule has 1 fully saturated rings. The zero-order valence-electron chi connectivity index (χ0n) is 12.0. The van der Waals surface area contributed by atoms with Crippen LogP contribution in [0.2, 0.25) is 0 Å². The zero-order chi connectivity index (χ0) is 15.6. The fourth-order valence-corrected chi connectivity index (χ4v) is 4.84. The number of carbonyl (C=O) groups excluding carboxylic acids is 1. The van der Waals surface area contributed by atoms with Crippen LogP contribution in [-0.4, -0.2) is 63.9 Å². The van der Waals surface area contributed by atoms with Gasteiger partial charge in [0, 0.05) is 12.6 Å². The zero-order valence-corrected chi connectivity index (χ0v) is 13.7. The van der Waals surface area contributed by atoms with Crippen LogP contribution < -0.4 is 5.84 Å². The average Bonchev–Trinajstić information content (AvgIpc) is 2.93. The van der Waals surface area contributed by atoms with Gasteiger partial charge in [-0.2, -0.15) is 0 Å². The second-order valence-electron chi connectivity index (χ2n) is 4.93. The molecule has 2 heterocycles. The van der Waals surface area contributed by atoms with E-state index in [0.29, 0.717) is 23.9 Å². The number of rotatable bonds is 5. The average molecular weight is 333 g/mol. The number of nitrogens with two attached hydrogens (primary N) is 1. The number of aromatic nitrogens is 3. The van der Waals surface area contributed by atoms with Crippen LogP contribution in [0.25, 0.3) is 0 Å². The molecule has 1 saturated heterocycles. The smallest absolute Gasteiger partial charge is 0.233 e. The number of thioether (sulfide) groups is 1. The van der Waals surface area contributed by atoms with Crippen LogP contribution in [0.1, 0.15) is 19.2 Å². The highest BCUT2D eigenvalue weighted by Gasteiger charge is 2.33. The van der Waals surface area contributed by atoms with Gasteiger partial charge in [0.2, 0.25) is 11.1 Å². The van der Waals surface area contributed by atoms with Crippen molar-refractivity contribution in [3.05, 3.63) is 5.82 Å². The normalized spacial score (nSPS) is 20.6. The summed E-state index contributed by atoms with van der Waals surface area (Å²) in [6.07, 6.45) is 0.513. The Morgan fingerprint density at radius 1 is 1.52 bits per heavy atom. The first-order valence-corrected chi connectivity index (χ1v) is 9.44. The van der Waals surface area contributed by atoms with Crippen LogP contribution in [0.5, 0.6) is 0 Å². The van der Waals surface area contributed by atoms with Gasteiger partial charge in [-0.1, -0.05) is 11.8 Å². The van der Waals surface area contributed by atoms with Crippen LogP contribution in [0.15, 0.2) is 5.16 Å². The number of nitrogens with zero attached hydrogens (tertiary/aromatic N) is 4. The number of hydrogen-bond donors (Lipinski definition) is 1. The summed E-state index contributed by atoms with van der Waals surface area (Å²) in [6.45, 7) is 4.07. The number of amides is 1. The minimum Gasteiger partial charge on any atom is -0.338 e. The first kappa shape index (κ1) is 16.1. The lowest BCUT2D eigenvalue weighted by Gasteiger charge is -2.26. The molecule has 0 bridgehead atoms. The molecule has 1 aliphatic heterocycles. The molecule has 21 heavy (non-hydrogen) atoms. The van der Waals surface area contributed by atoms with E-state index in [1.165, 1.54) is 16.4 Å². The SMILES string of the molecule is CCN(C(=O)CSc1nnc(C)n1N)[C@@H]1CCS(=O)(=O)C1. The topological polar surface area (TPSA) is 111 Å². The molecular formula is C11H19N5O3S2. The number of aryl methyl sites for hydroxylation is 1. The lowest BCUT2D eigenvalue weighted by atomic mass is 10.2. The Morgan fingerprint density at radius 2 is 2.24 bits per heavy atom. The summed E-state index contributed by atoms with van der Waals surface area (Å²) in [5.74, 6) is 6.57. The summed E-state index contributed by atoms with van der Waals surface area (Å²) >= 11 is 1.20. The van der Waals surface area contributed by atoms with E-state index >= 15 is 0 Å². The van der Waals surface area contributed by atoms with E-state index < -0.39 is 9.84 Å². The minimum atomic E-state index is -3.00. The predicted molar refractivity (Wildman–Crippen MR) is 80.1 cm³/mol. The maximum absolute atomic E-state index is 12.3. The largest absolute Gasteiger partial charge is 0.338 e. The molecule has 0 spiro atoms. The molecule has 1 aliphatic rings. The molecule has 0 radical (unpaired) electrons. The Balaban J connectivity index is 1.96. The Morgan fingerprint density at radius 3 is 2.71 bits per heavy atom. The first-order valence-electron chi connectivity index (χ1n) is 6.64. The fourth-order valence-electron chi connectivity index (χ4n) is 2.32. The van der Waals surface area contributed by atoms with E-state index in [-0.39, 0.29) is 29.2 Å². The van der Waals surface area contributed by atoms with E-state index in [4.69, 9.17) is 5.84 Å². The number of sulfone groups is 1. The molecule has 118 valence electrons. The fraction of sp³-hybridized carbons (Fsp3) is 0.727. The standard InChI is InChI=1S/C11H19N5O3S2/c1-3-15(9-4-5-21(18,19)7-9)10(17)6-20-11-14-13-8(2)16(11)12/h9H,3-7,12H2,1-2H3/t9-/m1/s1. The highest BCUT2D eigenvalue weighted by molar-refractivity contribution is 7.99. The van der Waals surface area contributed by atoms with Crippen molar-refractivity contribution >= 4 is 27.5 Å². The van der Waals surface area contributed by atoms with E-state index in [1.807, 2.05) is 6.92 Å². The van der Waals surface area contributed by atoms with Crippen molar-refractivity contribution in [1.82, 2.24) is 19.8 Å². The summed E-state index contributed by atoms with van der Waals surface area (Å²) in [6, 6.07) is -0.217. The Bertz CT molecular complexity index is 628. The molecule has 1 amide bonds. The summed E-state index contributed by atoms with van der Waals surface area (Å²) in [4.78, 5) is 13.9. The van der Waals surface area contributed by atoms with E-state index in [1.54, 1.807) is 11.8 Å². The van der Waals surface area contributed by atoms with Crippen LogP contribution in [0, 0.1) is 6.92 Å². The van der Waals surface area contributed by atoms with Crippen molar-refractivity contribution in [3.63, 3.8) is 0 Å². The third-order valence-corrected chi connectivity index (χ3v) is 6.15. The predicted octanol–water partition coefficient (Wildman–Crippen LogP) is -0.572. The maximum Gasteiger partial charge on any atom is 0.233 e. The molecule has 0 saturated carbocycles. The van der Waals surface area contributed by atoms with E-state index in [2.05, 4.69) is 10.2 Å². The first-order chi connectivity index (χ1) is 9.84. The Hall–Kier alpha value is -1.29. The second-order valence-corrected chi connectivity index (χ2v) is 8.10. The Kier molecular flexibility index (Phi) is 4.77. The summed E-state index contributed by atoms with van der Waals surface area (Å²) < 4.78 is 24.4. The molecule has 2 rings (SSSR count). The summed E-state index contributed by atoms with van der Waals surface area (Å²) in [5, 5.41) is 8.16. The minimum absolute atomic E-state index is 0.0590. The maximum atomic E-state index is 12.3. The molecular weight excluding hydrogens is 314 g/mol. The molecule has 8 nitrogen and oxygen atoms in total. The molecule has 0 unspecified atom stereocenters. The van der Waals surface area contributed by atoms with Crippen molar-refractivity contribution in [2.24, 2.45) is 0 Å². The van der Waals surface area contributed by atoms with Gasteiger partial charge in [0.25, 0.3) is 0 Å². The molecule has 0 aliphatic carbocycles.